The molecule has 0 unspecified atom stereocenters. The number of hydrogen-bond donors (Lipinski definition) is 1. The first kappa shape index (κ1) is 11.1. The number of anilines is 2. The van der Waals surface area contributed by atoms with Crippen LogP contribution in [0, 0.1) is 0 Å². The van der Waals surface area contributed by atoms with E-state index >= 15 is 0 Å². The van der Waals surface area contributed by atoms with E-state index in [1.807, 2.05) is 6.07 Å². The Kier molecular flexibility index (Phi) is 3.24. The van der Waals surface area contributed by atoms with Gasteiger partial charge in [0.1, 0.15) is 18.0 Å². The molecule has 0 bridgehead atoms. The van der Waals surface area contributed by atoms with Crippen molar-refractivity contribution in [2.45, 2.75) is 19.9 Å². The molecule has 16 heavy (non-hydrogen) atoms. The van der Waals surface area contributed by atoms with E-state index in [2.05, 4.69) is 33.6 Å². The summed E-state index contributed by atoms with van der Waals surface area (Å²) in [5.74, 6) is 1.48. The molecule has 0 aromatic carbocycles. The van der Waals surface area contributed by atoms with E-state index < -0.39 is 0 Å². The Hall–Kier alpha value is -1.36. The number of hydrogen-bond acceptors (Lipinski definition) is 5. The molecule has 5 heteroatoms. The highest BCUT2D eigenvalue weighted by Gasteiger charge is 2.19. The number of nitrogens with zero attached hydrogens (tertiary/aromatic N) is 4. The van der Waals surface area contributed by atoms with E-state index in [0.717, 1.165) is 32.0 Å². The zero-order chi connectivity index (χ0) is 11.5. The maximum absolute atomic E-state index is 5.65. The van der Waals surface area contributed by atoms with Gasteiger partial charge in [-0.15, -0.1) is 0 Å². The highest BCUT2D eigenvalue weighted by atomic mass is 15.3. The summed E-state index contributed by atoms with van der Waals surface area (Å²) in [4.78, 5) is 12.9. The fourth-order valence-corrected chi connectivity index (χ4v) is 2.00. The van der Waals surface area contributed by atoms with E-state index in [1.54, 1.807) is 0 Å². The second kappa shape index (κ2) is 4.65. The van der Waals surface area contributed by atoms with Gasteiger partial charge in [-0.3, -0.25) is 4.90 Å². The third kappa shape index (κ3) is 2.41. The Bertz CT molecular complexity index is 344. The van der Waals surface area contributed by atoms with Crippen LogP contribution < -0.4 is 10.6 Å². The summed E-state index contributed by atoms with van der Waals surface area (Å²) in [6, 6.07) is 2.46. The Morgan fingerprint density at radius 2 is 1.88 bits per heavy atom. The molecule has 2 heterocycles. The predicted molar refractivity (Wildman–Crippen MR) is 65.4 cm³/mol. The van der Waals surface area contributed by atoms with Crippen LogP contribution in [0.1, 0.15) is 13.8 Å². The van der Waals surface area contributed by atoms with Crippen molar-refractivity contribution in [3.05, 3.63) is 12.4 Å². The van der Waals surface area contributed by atoms with Gasteiger partial charge in [0, 0.05) is 38.3 Å². The molecule has 88 valence electrons. The predicted octanol–water partition coefficient (Wildman–Crippen LogP) is 0.589. The van der Waals surface area contributed by atoms with Gasteiger partial charge in [-0.2, -0.15) is 0 Å². The van der Waals surface area contributed by atoms with Gasteiger partial charge in [-0.1, -0.05) is 0 Å². The van der Waals surface area contributed by atoms with Crippen molar-refractivity contribution < 1.29 is 0 Å². The summed E-state index contributed by atoms with van der Waals surface area (Å²) in [5.41, 5.74) is 5.65. The molecule has 0 radical (unpaired) electrons. The number of rotatable bonds is 2. The molecule has 1 fully saturated rings. The van der Waals surface area contributed by atoms with Gasteiger partial charge in [0.25, 0.3) is 0 Å². The minimum Gasteiger partial charge on any atom is -0.384 e. The lowest BCUT2D eigenvalue weighted by atomic mass is 10.2. The fraction of sp³-hybridized carbons (Fsp3) is 0.636. The first-order valence-corrected chi connectivity index (χ1v) is 5.73. The first-order chi connectivity index (χ1) is 7.66. The quantitative estimate of drug-likeness (QED) is 0.792. The average molecular weight is 221 g/mol. The maximum Gasteiger partial charge on any atom is 0.134 e. The second-order valence-electron chi connectivity index (χ2n) is 4.42. The zero-order valence-electron chi connectivity index (χ0n) is 9.93. The number of piperazine rings is 1. The number of nitrogens with two attached hydrogens (primary N) is 1. The van der Waals surface area contributed by atoms with Crippen molar-refractivity contribution in [3.8, 4) is 0 Å². The van der Waals surface area contributed by atoms with Crippen molar-refractivity contribution in [1.29, 1.82) is 0 Å². The fourth-order valence-electron chi connectivity index (χ4n) is 2.00. The minimum atomic E-state index is 0.538. The van der Waals surface area contributed by atoms with Crippen molar-refractivity contribution in [1.82, 2.24) is 14.9 Å². The molecule has 0 amide bonds. The molecule has 1 aliphatic heterocycles. The topological polar surface area (TPSA) is 58.3 Å². The Labute approximate surface area is 96.3 Å². The first-order valence-electron chi connectivity index (χ1n) is 5.73. The minimum absolute atomic E-state index is 0.538. The molecule has 0 aliphatic carbocycles. The smallest absolute Gasteiger partial charge is 0.134 e. The molecule has 5 nitrogen and oxygen atoms in total. The lowest BCUT2D eigenvalue weighted by Gasteiger charge is -2.37. The van der Waals surface area contributed by atoms with Gasteiger partial charge in [0.2, 0.25) is 0 Å². The Balaban J connectivity index is 1.99. The third-order valence-corrected chi connectivity index (χ3v) is 3.04. The van der Waals surface area contributed by atoms with Crippen LogP contribution in [-0.4, -0.2) is 47.1 Å². The molecule has 0 spiro atoms. The lowest BCUT2D eigenvalue weighted by molar-refractivity contribution is 0.209. The van der Waals surface area contributed by atoms with Crippen LogP contribution in [0.15, 0.2) is 12.4 Å². The molecule has 2 rings (SSSR count). The van der Waals surface area contributed by atoms with E-state index in [-0.39, 0.29) is 0 Å². The van der Waals surface area contributed by atoms with Crippen LogP contribution in [0.25, 0.3) is 0 Å². The highest BCUT2D eigenvalue weighted by molar-refractivity contribution is 5.46. The van der Waals surface area contributed by atoms with Gasteiger partial charge >= 0.3 is 0 Å². The molecular formula is C11H19N5. The second-order valence-corrected chi connectivity index (χ2v) is 4.42. The average Bonchev–Trinajstić information content (AvgIpc) is 2.29. The van der Waals surface area contributed by atoms with Gasteiger partial charge < -0.3 is 10.6 Å². The van der Waals surface area contributed by atoms with Crippen molar-refractivity contribution in [2.75, 3.05) is 36.8 Å². The van der Waals surface area contributed by atoms with Crippen LogP contribution in [-0.2, 0) is 0 Å². The van der Waals surface area contributed by atoms with E-state index in [4.69, 9.17) is 5.73 Å². The standard InChI is InChI=1S/C11H19N5/c1-9(2)15-3-5-16(6-4-15)11-7-10(12)13-8-14-11/h7-9H,3-6H2,1-2H3,(H2,12,13,14). The summed E-state index contributed by atoms with van der Waals surface area (Å²) in [6.45, 7) is 8.66. The summed E-state index contributed by atoms with van der Waals surface area (Å²) in [7, 11) is 0. The SMILES string of the molecule is CC(C)N1CCN(c2cc(N)ncn2)CC1. The summed E-state index contributed by atoms with van der Waals surface area (Å²) < 4.78 is 0. The monoisotopic (exact) mass is 221 g/mol. The van der Waals surface area contributed by atoms with Crippen LogP contribution in [0.3, 0.4) is 0 Å². The largest absolute Gasteiger partial charge is 0.384 e. The van der Waals surface area contributed by atoms with Crippen molar-refractivity contribution in [3.63, 3.8) is 0 Å². The third-order valence-electron chi connectivity index (χ3n) is 3.04. The zero-order valence-corrected chi connectivity index (χ0v) is 9.93. The molecule has 2 N–H and O–H groups in total. The Morgan fingerprint density at radius 3 is 2.44 bits per heavy atom. The molecular weight excluding hydrogens is 202 g/mol. The lowest BCUT2D eigenvalue weighted by Crippen LogP contribution is -2.49. The van der Waals surface area contributed by atoms with E-state index in [1.165, 1.54) is 6.33 Å². The Morgan fingerprint density at radius 1 is 1.19 bits per heavy atom. The van der Waals surface area contributed by atoms with E-state index in [9.17, 15) is 0 Å². The molecule has 0 saturated carbocycles. The van der Waals surface area contributed by atoms with Gasteiger partial charge in [-0.25, -0.2) is 9.97 Å². The number of aromatic nitrogens is 2. The van der Waals surface area contributed by atoms with Crippen LogP contribution in [0.2, 0.25) is 0 Å². The normalized spacial score (nSPS) is 18.1. The molecule has 1 aromatic heterocycles. The summed E-state index contributed by atoms with van der Waals surface area (Å²) in [6.07, 6.45) is 1.53. The van der Waals surface area contributed by atoms with Crippen molar-refractivity contribution in [2.24, 2.45) is 0 Å². The summed E-state index contributed by atoms with van der Waals surface area (Å²) in [5, 5.41) is 0. The maximum atomic E-state index is 5.65. The molecule has 1 aliphatic rings. The molecule has 0 atom stereocenters. The molecule has 1 saturated heterocycles. The van der Waals surface area contributed by atoms with Crippen LogP contribution in [0.5, 0.6) is 0 Å². The summed E-state index contributed by atoms with van der Waals surface area (Å²) >= 11 is 0. The van der Waals surface area contributed by atoms with Crippen molar-refractivity contribution >= 4 is 11.6 Å². The van der Waals surface area contributed by atoms with Crippen LogP contribution >= 0.6 is 0 Å². The van der Waals surface area contributed by atoms with E-state index in [0.29, 0.717) is 11.9 Å². The van der Waals surface area contributed by atoms with Gasteiger partial charge in [0.15, 0.2) is 0 Å². The van der Waals surface area contributed by atoms with Gasteiger partial charge in [0.05, 0.1) is 0 Å². The van der Waals surface area contributed by atoms with Crippen LogP contribution in [0.4, 0.5) is 11.6 Å². The number of nitrogen functional groups attached to an aromatic ring is 1. The van der Waals surface area contributed by atoms with Gasteiger partial charge in [-0.05, 0) is 13.8 Å². The molecule has 1 aromatic rings. The highest BCUT2D eigenvalue weighted by Crippen LogP contribution is 2.15.